The highest BCUT2D eigenvalue weighted by Crippen LogP contribution is 2.22. The van der Waals surface area contributed by atoms with Crippen molar-refractivity contribution in [2.24, 2.45) is 0 Å². The Morgan fingerprint density at radius 2 is 1.64 bits per heavy atom. The molecule has 0 saturated carbocycles. The molecule has 7 heteroatoms. The summed E-state index contributed by atoms with van der Waals surface area (Å²) in [6, 6.07) is 21.9. The van der Waals surface area contributed by atoms with Crippen LogP contribution in [0.25, 0.3) is 0 Å². The Hall–Kier alpha value is -3.84. The molecule has 1 heterocycles. The summed E-state index contributed by atoms with van der Waals surface area (Å²) in [6.45, 7) is 4.65. The Labute approximate surface area is 193 Å². The number of fused-ring (bicyclic) bond motifs is 1. The maximum absolute atomic E-state index is 12.6. The summed E-state index contributed by atoms with van der Waals surface area (Å²) in [5.41, 5.74) is 2.90. The molecule has 3 aromatic carbocycles. The number of nitrogens with one attached hydrogen (secondary N) is 2. The van der Waals surface area contributed by atoms with Gasteiger partial charge in [0.1, 0.15) is 18.1 Å². The van der Waals surface area contributed by atoms with Crippen LogP contribution in [0.2, 0.25) is 0 Å². The molecule has 1 aliphatic rings. The number of hydrogen-bond donors (Lipinski definition) is 2. The van der Waals surface area contributed by atoms with Crippen molar-refractivity contribution in [2.75, 3.05) is 36.9 Å². The third kappa shape index (κ3) is 6.11. The molecule has 0 aromatic heterocycles. The van der Waals surface area contributed by atoms with Crippen molar-refractivity contribution in [2.45, 2.75) is 13.5 Å². The first-order chi connectivity index (χ1) is 16.1. The summed E-state index contributed by atoms with van der Waals surface area (Å²) in [5.74, 6) is 1.30. The first kappa shape index (κ1) is 22.4. The molecule has 0 spiro atoms. The molecule has 7 nitrogen and oxygen atoms in total. The normalized spacial score (nSPS) is 13.2. The molecule has 4 rings (SSSR count). The van der Waals surface area contributed by atoms with Crippen molar-refractivity contribution in [3.8, 4) is 11.5 Å². The molecule has 170 valence electrons. The van der Waals surface area contributed by atoms with Crippen molar-refractivity contribution >= 4 is 23.2 Å². The molecule has 0 unspecified atom stereocenters. The minimum Gasteiger partial charge on any atom is -0.494 e. The van der Waals surface area contributed by atoms with E-state index in [4.69, 9.17) is 9.47 Å². The molecule has 1 aliphatic heterocycles. The summed E-state index contributed by atoms with van der Waals surface area (Å²) in [5, 5.41) is 5.76. The Balaban J connectivity index is 1.30. The van der Waals surface area contributed by atoms with Crippen LogP contribution < -0.4 is 20.1 Å². The zero-order chi connectivity index (χ0) is 23.0. The van der Waals surface area contributed by atoms with Gasteiger partial charge in [-0.1, -0.05) is 18.2 Å². The van der Waals surface area contributed by atoms with Gasteiger partial charge in [-0.25, -0.2) is 0 Å². The van der Waals surface area contributed by atoms with Gasteiger partial charge < -0.3 is 20.1 Å². The standard InChI is InChI=1S/C26H27N3O4/c1-2-32-23-13-11-22(12-14-23)28-26(31)19-7-9-21(10-8-19)27-25(30)18-29-15-16-33-24-6-4-3-5-20(24)17-29/h3-14H,2,15-18H2,1H3,(H,27,30)(H,28,31). The second-order valence-corrected chi connectivity index (χ2v) is 7.70. The highest BCUT2D eigenvalue weighted by atomic mass is 16.5. The van der Waals surface area contributed by atoms with E-state index in [1.807, 2.05) is 43.3 Å². The van der Waals surface area contributed by atoms with E-state index in [1.54, 1.807) is 36.4 Å². The van der Waals surface area contributed by atoms with Crippen LogP contribution in [0.3, 0.4) is 0 Å². The van der Waals surface area contributed by atoms with Gasteiger partial charge in [-0.2, -0.15) is 0 Å². The molecule has 33 heavy (non-hydrogen) atoms. The molecule has 0 aliphatic carbocycles. The van der Waals surface area contributed by atoms with Crippen molar-refractivity contribution < 1.29 is 19.1 Å². The van der Waals surface area contributed by atoms with E-state index in [-0.39, 0.29) is 18.4 Å². The van der Waals surface area contributed by atoms with Crippen LogP contribution in [-0.2, 0) is 11.3 Å². The van der Waals surface area contributed by atoms with Crippen molar-refractivity contribution in [3.63, 3.8) is 0 Å². The zero-order valence-corrected chi connectivity index (χ0v) is 18.5. The second kappa shape index (κ2) is 10.7. The van der Waals surface area contributed by atoms with E-state index >= 15 is 0 Å². The SMILES string of the molecule is CCOc1ccc(NC(=O)c2ccc(NC(=O)CN3CCOc4ccccc4C3)cc2)cc1. The first-order valence-electron chi connectivity index (χ1n) is 11.0. The van der Waals surface area contributed by atoms with Gasteiger partial charge in [0.15, 0.2) is 0 Å². The van der Waals surface area contributed by atoms with E-state index in [0.29, 0.717) is 43.2 Å². The summed E-state index contributed by atoms with van der Waals surface area (Å²) < 4.78 is 11.2. The largest absolute Gasteiger partial charge is 0.494 e. The average molecular weight is 446 g/mol. The van der Waals surface area contributed by atoms with Gasteiger partial charge in [-0.15, -0.1) is 0 Å². The maximum atomic E-state index is 12.6. The molecule has 0 atom stereocenters. The van der Waals surface area contributed by atoms with Crippen molar-refractivity contribution in [3.05, 3.63) is 83.9 Å². The lowest BCUT2D eigenvalue weighted by atomic mass is 10.2. The van der Waals surface area contributed by atoms with E-state index in [0.717, 1.165) is 17.1 Å². The Morgan fingerprint density at radius 1 is 0.939 bits per heavy atom. The molecule has 0 fully saturated rings. The quantitative estimate of drug-likeness (QED) is 0.571. The summed E-state index contributed by atoms with van der Waals surface area (Å²) in [4.78, 5) is 27.1. The number of para-hydroxylation sites is 1. The lowest BCUT2D eigenvalue weighted by Gasteiger charge is -2.18. The van der Waals surface area contributed by atoms with Gasteiger partial charge >= 0.3 is 0 Å². The minimum atomic E-state index is -0.222. The number of ether oxygens (including phenoxy) is 2. The van der Waals surface area contributed by atoms with Gasteiger partial charge in [0, 0.05) is 35.6 Å². The number of amides is 2. The number of carbonyl (C=O) groups is 2. The van der Waals surface area contributed by atoms with E-state index in [1.165, 1.54) is 0 Å². The van der Waals surface area contributed by atoms with E-state index in [2.05, 4.69) is 15.5 Å². The molecule has 0 saturated heterocycles. The fourth-order valence-electron chi connectivity index (χ4n) is 3.63. The van der Waals surface area contributed by atoms with Gasteiger partial charge in [-0.05, 0) is 61.5 Å². The van der Waals surface area contributed by atoms with E-state index in [9.17, 15) is 9.59 Å². The lowest BCUT2D eigenvalue weighted by Crippen LogP contribution is -2.34. The summed E-state index contributed by atoms with van der Waals surface area (Å²) in [6.07, 6.45) is 0. The van der Waals surface area contributed by atoms with Crippen LogP contribution in [0.4, 0.5) is 11.4 Å². The van der Waals surface area contributed by atoms with Crippen molar-refractivity contribution in [1.29, 1.82) is 0 Å². The third-order valence-electron chi connectivity index (χ3n) is 5.25. The second-order valence-electron chi connectivity index (χ2n) is 7.70. The number of hydrogen-bond acceptors (Lipinski definition) is 5. The molecule has 3 aromatic rings. The Bertz CT molecular complexity index is 1100. The van der Waals surface area contributed by atoms with Gasteiger partial charge in [-0.3, -0.25) is 14.5 Å². The smallest absolute Gasteiger partial charge is 0.255 e. The van der Waals surface area contributed by atoms with Gasteiger partial charge in [0.25, 0.3) is 5.91 Å². The molecule has 2 amide bonds. The Morgan fingerprint density at radius 3 is 2.39 bits per heavy atom. The summed E-state index contributed by atoms with van der Waals surface area (Å²) in [7, 11) is 0. The molecular weight excluding hydrogens is 418 g/mol. The third-order valence-corrected chi connectivity index (χ3v) is 5.25. The first-order valence-corrected chi connectivity index (χ1v) is 11.0. The molecular formula is C26H27N3O4. The number of benzene rings is 3. The zero-order valence-electron chi connectivity index (χ0n) is 18.5. The highest BCUT2D eigenvalue weighted by Gasteiger charge is 2.17. The highest BCUT2D eigenvalue weighted by molar-refractivity contribution is 6.04. The van der Waals surface area contributed by atoms with Crippen LogP contribution in [0.1, 0.15) is 22.8 Å². The predicted molar refractivity (Wildman–Crippen MR) is 128 cm³/mol. The fraction of sp³-hybridized carbons (Fsp3) is 0.231. The topological polar surface area (TPSA) is 79.9 Å². The van der Waals surface area contributed by atoms with Crippen molar-refractivity contribution in [1.82, 2.24) is 4.90 Å². The minimum absolute atomic E-state index is 0.110. The number of rotatable bonds is 7. The molecule has 0 bridgehead atoms. The van der Waals surface area contributed by atoms with Crippen LogP contribution >= 0.6 is 0 Å². The van der Waals surface area contributed by atoms with Crippen LogP contribution in [0.15, 0.2) is 72.8 Å². The fourth-order valence-corrected chi connectivity index (χ4v) is 3.63. The number of carbonyl (C=O) groups excluding carboxylic acids is 2. The molecule has 0 radical (unpaired) electrons. The summed E-state index contributed by atoms with van der Waals surface area (Å²) >= 11 is 0. The van der Waals surface area contributed by atoms with Crippen LogP contribution in [0, 0.1) is 0 Å². The predicted octanol–water partition coefficient (Wildman–Crippen LogP) is 4.17. The van der Waals surface area contributed by atoms with Gasteiger partial charge in [0.05, 0.1) is 13.2 Å². The van der Waals surface area contributed by atoms with Crippen LogP contribution in [0.5, 0.6) is 11.5 Å². The monoisotopic (exact) mass is 445 g/mol. The number of nitrogens with zero attached hydrogens (tertiary/aromatic N) is 1. The Kier molecular flexibility index (Phi) is 7.22. The average Bonchev–Trinajstić information content (AvgIpc) is 3.02. The van der Waals surface area contributed by atoms with E-state index < -0.39 is 0 Å². The van der Waals surface area contributed by atoms with Gasteiger partial charge in [0.2, 0.25) is 5.91 Å². The molecule has 2 N–H and O–H groups in total. The lowest BCUT2D eigenvalue weighted by molar-refractivity contribution is -0.117. The van der Waals surface area contributed by atoms with Crippen LogP contribution in [-0.4, -0.2) is 43.0 Å². The number of anilines is 2. The maximum Gasteiger partial charge on any atom is 0.255 e.